The smallest absolute Gasteiger partial charge is 0.335 e. The van der Waals surface area contributed by atoms with Crippen molar-refractivity contribution >= 4 is 39.4 Å². The molecule has 5 rings (SSSR count). The van der Waals surface area contributed by atoms with Crippen LogP contribution in [-0.2, 0) is 17.2 Å². The van der Waals surface area contributed by atoms with Crippen LogP contribution in [0.4, 0.5) is 23.2 Å². The minimum absolute atomic E-state index is 0.0516. The van der Waals surface area contributed by atoms with Gasteiger partial charge < -0.3 is 14.5 Å². The Morgan fingerprint density at radius 2 is 1.57 bits per heavy atom. The van der Waals surface area contributed by atoms with E-state index < -0.39 is 46.0 Å². The molecule has 206 valence electrons. The number of piperazine rings is 1. The Kier molecular flexibility index (Phi) is 7.48. The molecular weight excluding hydrogens is 550 g/mol. The number of nitrogens with zero attached hydrogens (tertiary/aromatic N) is 4. The second-order valence-electron chi connectivity index (χ2n) is 8.91. The second-order valence-corrected chi connectivity index (χ2v) is 10.1. The second kappa shape index (κ2) is 11.0. The van der Waals surface area contributed by atoms with Gasteiger partial charge in [0.15, 0.2) is 11.0 Å². The van der Waals surface area contributed by atoms with Gasteiger partial charge in [-0.1, -0.05) is 18.2 Å². The third kappa shape index (κ3) is 5.64. The van der Waals surface area contributed by atoms with E-state index in [-0.39, 0.29) is 42.3 Å². The van der Waals surface area contributed by atoms with Gasteiger partial charge in [0.25, 0.3) is 11.8 Å². The normalized spacial score (nSPS) is 14.7. The maximum atomic E-state index is 14.0. The standard InChI is InChI=1S/C27H21F4N5O3S/c28-19-7-9-22(33-16-19)26(38)36-13-11-35(12-14-36)25(37)18-6-8-21(20(15-18)27(29,30)31)34-40(39)23-5-1-3-17-4-2-10-32-24(17)23/h1-10,15-16,34H,11-14H2. The number of halogens is 4. The lowest BCUT2D eigenvalue weighted by Gasteiger charge is -2.34. The molecule has 3 heterocycles. The Labute approximate surface area is 228 Å². The van der Waals surface area contributed by atoms with E-state index >= 15 is 0 Å². The van der Waals surface area contributed by atoms with Gasteiger partial charge in [0, 0.05) is 43.3 Å². The monoisotopic (exact) mass is 571 g/mol. The van der Waals surface area contributed by atoms with Crippen LogP contribution in [0.1, 0.15) is 26.4 Å². The van der Waals surface area contributed by atoms with Gasteiger partial charge in [-0.3, -0.25) is 14.6 Å². The molecule has 1 saturated heterocycles. The first-order valence-electron chi connectivity index (χ1n) is 12.1. The Morgan fingerprint density at radius 3 is 2.25 bits per heavy atom. The average Bonchev–Trinajstić information content (AvgIpc) is 2.96. The van der Waals surface area contributed by atoms with Crippen molar-refractivity contribution < 1.29 is 31.4 Å². The first-order chi connectivity index (χ1) is 19.1. The number of hydrogen-bond acceptors (Lipinski definition) is 5. The maximum Gasteiger partial charge on any atom is 0.418 e. The Morgan fingerprint density at radius 1 is 0.875 bits per heavy atom. The van der Waals surface area contributed by atoms with Crippen molar-refractivity contribution in [3.8, 4) is 0 Å². The average molecular weight is 572 g/mol. The fourth-order valence-electron chi connectivity index (χ4n) is 4.34. The number of benzene rings is 2. The SMILES string of the molecule is O=C(c1ccc(NS(=O)c2cccc3cccnc23)c(C(F)(F)F)c1)N1CCN(C(=O)c2ccc(F)cn2)CC1. The first kappa shape index (κ1) is 27.2. The number of carbonyl (C=O) groups excluding carboxylic acids is 2. The molecule has 1 aliphatic rings. The summed E-state index contributed by atoms with van der Waals surface area (Å²) in [6, 6.07) is 13.8. The molecule has 13 heteroatoms. The molecule has 0 bridgehead atoms. The summed E-state index contributed by atoms with van der Waals surface area (Å²) in [7, 11) is -2.07. The van der Waals surface area contributed by atoms with Crippen molar-refractivity contribution in [3.05, 3.63) is 95.7 Å². The molecule has 1 atom stereocenters. The number of amides is 2. The van der Waals surface area contributed by atoms with Crippen molar-refractivity contribution in [1.29, 1.82) is 0 Å². The minimum Gasteiger partial charge on any atom is -0.335 e. The number of rotatable bonds is 5. The number of carbonyl (C=O) groups is 2. The number of nitrogens with one attached hydrogen (secondary N) is 1. The lowest BCUT2D eigenvalue weighted by atomic mass is 10.1. The quantitative estimate of drug-likeness (QED) is 0.356. The van der Waals surface area contributed by atoms with Gasteiger partial charge in [-0.25, -0.2) is 13.6 Å². The van der Waals surface area contributed by atoms with Crippen LogP contribution < -0.4 is 4.72 Å². The summed E-state index contributed by atoms with van der Waals surface area (Å²) in [4.78, 5) is 36.6. The van der Waals surface area contributed by atoms with E-state index in [1.165, 1.54) is 34.2 Å². The Bertz CT molecular complexity index is 1600. The molecule has 2 aromatic carbocycles. The molecule has 1 aliphatic heterocycles. The van der Waals surface area contributed by atoms with Gasteiger partial charge in [0.2, 0.25) is 0 Å². The largest absolute Gasteiger partial charge is 0.418 e. The number of pyridine rings is 2. The summed E-state index contributed by atoms with van der Waals surface area (Å²) >= 11 is 0. The highest BCUT2D eigenvalue weighted by molar-refractivity contribution is 7.86. The van der Waals surface area contributed by atoms with E-state index in [1.807, 2.05) is 0 Å². The number of alkyl halides is 3. The predicted octanol–water partition coefficient (Wildman–Crippen LogP) is 4.52. The third-order valence-corrected chi connectivity index (χ3v) is 7.50. The molecule has 8 nitrogen and oxygen atoms in total. The highest BCUT2D eigenvalue weighted by Gasteiger charge is 2.36. The van der Waals surface area contributed by atoms with Gasteiger partial charge in [0.05, 0.1) is 27.9 Å². The number of para-hydroxylation sites is 1. The van der Waals surface area contributed by atoms with E-state index in [0.717, 1.165) is 24.4 Å². The van der Waals surface area contributed by atoms with Crippen molar-refractivity contribution in [2.45, 2.75) is 11.1 Å². The molecule has 0 aliphatic carbocycles. The summed E-state index contributed by atoms with van der Waals surface area (Å²) < 4.78 is 70.6. The summed E-state index contributed by atoms with van der Waals surface area (Å²) in [6.45, 7) is 0.442. The molecular formula is C27H21F4N5O3S. The van der Waals surface area contributed by atoms with E-state index in [4.69, 9.17) is 0 Å². The van der Waals surface area contributed by atoms with Gasteiger partial charge in [-0.05, 0) is 42.5 Å². The summed E-state index contributed by atoms with van der Waals surface area (Å²) in [5.41, 5.74) is -1.34. The number of fused-ring (bicyclic) bond motifs is 1. The van der Waals surface area contributed by atoms with Crippen molar-refractivity contribution in [2.24, 2.45) is 0 Å². The molecule has 2 amide bonds. The zero-order valence-corrected chi connectivity index (χ0v) is 21.5. The summed E-state index contributed by atoms with van der Waals surface area (Å²) in [5, 5.41) is 0.683. The molecule has 0 spiro atoms. The van der Waals surface area contributed by atoms with E-state index in [2.05, 4.69) is 14.7 Å². The van der Waals surface area contributed by atoms with Crippen molar-refractivity contribution in [2.75, 3.05) is 30.9 Å². The number of hydrogen-bond donors (Lipinski definition) is 1. The van der Waals surface area contributed by atoms with Crippen LogP contribution in [0.3, 0.4) is 0 Å². The Hall–Kier alpha value is -4.39. The highest BCUT2D eigenvalue weighted by Crippen LogP contribution is 2.36. The van der Waals surface area contributed by atoms with Crippen molar-refractivity contribution in [3.63, 3.8) is 0 Å². The van der Waals surface area contributed by atoms with Crippen LogP contribution in [0.5, 0.6) is 0 Å². The van der Waals surface area contributed by atoms with E-state index in [1.54, 1.807) is 24.3 Å². The third-order valence-electron chi connectivity index (χ3n) is 6.37. The zero-order valence-electron chi connectivity index (χ0n) is 20.7. The van der Waals surface area contributed by atoms with Crippen LogP contribution in [0, 0.1) is 5.82 Å². The number of aromatic nitrogens is 2. The number of anilines is 1. The fourth-order valence-corrected chi connectivity index (χ4v) is 5.38. The first-order valence-corrected chi connectivity index (χ1v) is 13.2. The summed E-state index contributed by atoms with van der Waals surface area (Å²) in [6.07, 6.45) is -2.41. The maximum absolute atomic E-state index is 14.0. The molecule has 2 aromatic heterocycles. The lowest BCUT2D eigenvalue weighted by molar-refractivity contribution is -0.136. The lowest BCUT2D eigenvalue weighted by Crippen LogP contribution is -2.50. The van der Waals surface area contributed by atoms with Crippen molar-refractivity contribution in [1.82, 2.24) is 19.8 Å². The highest BCUT2D eigenvalue weighted by atomic mass is 32.2. The molecule has 1 fully saturated rings. The van der Waals surface area contributed by atoms with Crippen LogP contribution in [0.15, 0.2) is 78.0 Å². The zero-order chi connectivity index (χ0) is 28.4. The van der Waals surface area contributed by atoms with Gasteiger partial charge >= 0.3 is 6.18 Å². The molecule has 0 radical (unpaired) electrons. The molecule has 40 heavy (non-hydrogen) atoms. The fraction of sp³-hybridized carbons (Fsp3) is 0.185. The molecule has 0 saturated carbocycles. The minimum atomic E-state index is -4.84. The van der Waals surface area contributed by atoms with Gasteiger partial charge in [0.1, 0.15) is 11.5 Å². The molecule has 1 N–H and O–H groups in total. The van der Waals surface area contributed by atoms with E-state index in [0.29, 0.717) is 10.9 Å². The predicted molar refractivity (Wildman–Crippen MR) is 139 cm³/mol. The molecule has 4 aromatic rings. The van der Waals surface area contributed by atoms with Crippen LogP contribution in [-0.4, -0.2) is 62.0 Å². The topological polar surface area (TPSA) is 95.5 Å². The summed E-state index contributed by atoms with van der Waals surface area (Å²) in [5.74, 6) is -1.65. The van der Waals surface area contributed by atoms with Gasteiger partial charge in [-0.15, -0.1) is 0 Å². The molecule has 1 unspecified atom stereocenters. The van der Waals surface area contributed by atoms with Gasteiger partial charge in [-0.2, -0.15) is 13.2 Å². The van der Waals surface area contributed by atoms with Crippen LogP contribution in [0.2, 0.25) is 0 Å². The van der Waals surface area contributed by atoms with Crippen LogP contribution in [0.25, 0.3) is 10.9 Å². The van der Waals surface area contributed by atoms with Crippen LogP contribution >= 0.6 is 0 Å². The van der Waals surface area contributed by atoms with E-state index in [9.17, 15) is 31.4 Å². The Balaban J connectivity index is 1.32.